The van der Waals surface area contributed by atoms with Gasteiger partial charge in [-0.3, -0.25) is 4.99 Å². The van der Waals surface area contributed by atoms with Gasteiger partial charge in [0.25, 0.3) is 0 Å². The van der Waals surface area contributed by atoms with Gasteiger partial charge in [0.1, 0.15) is 5.82 Å². The summed E-state index contributed by atoms with van der Waals surface area (Å²) in [5, 5.41) is 6.93. The Hall–Kier alpha value is -0.830. The van der Waals surface area contributed by atoms with Gasteiger partial charge in [0.15, 0.2) is 5.96 Å². The fourth-order valence-corrected chi connectivity index (χ4v) is 4.16. The van der Waals surface area contributed by atoms with E-state index < -0.39 is 0 Å². The first-order valence-electron chi connectivity index (χ1n) is 9.57. The molecule has 2 N–H and O–H groups in total. The van der Waals surface area contributed by atoms with Gasteiger partial charge in [-0.25, -0.2) is 4.98 Å². The summed E-state index contributed by atoms with van der Waals surface area (Å²) in [5.41, 5.74) is 1.18. The maximum atomic E-state index is 5.93. The highest BCUT2D eigenvalue weighted by Gasteiger charge is 2.41. The lowest BCUT2D eigenvalue weighted by Crippen LogP contribution is -2.47. The Bertz CT molecular complexity index is 579. The number of aryl methyl sites for hydroxylation is 2. The normalized spacial score (nSPS) is 27.7. The van der Waals surface area contributed by atoms with Crippen molar-refractivity contribution in [3.05, 3.63) is 17.7 Å². The van der Waals surface area contributed by atoms with Crippen LogP contribution >= 0.6 is 24.0 Å². The highest BCUT2D eigenvalue weighted by atomic mass is 127. The van der Waals surface area contributed by atoms with Gasteiger partial charge in [0.05, 0.1) is 23.9 Å². The minimum Gasteiger partial charge on any atom is -0.373 e. The van der Waals surface area contributed by atoms with E-state index in [1.807, 2.05) is 0 Å². The molecule has 4 rings (SSSR count). The SMILES string of the molecule is CCNC(=NCCc1cn2c(n1)CCCC2)NC1CC2CCC1O2.I. The second-order valence-electron chi connectivity index (χ2n) is 7.17. The Kier molecular flexibility index (Phi) is 6.60. The third-order valence-corrected chi connectivity index (χ3v) is 5.37. The molecule has 0 saturated carbocycles. The molecule has 0 aliphatic carbocycles. The number of guanidine groups is 1. The Labute approximate surface area is 167 Å². The predicted molar refractivity (Wildman–Crippen MR) is 110 cm³/mol. The van der Waals surface area contributed by atoms with Crippen molar-refractivity contribution in [3.8, 4) is 0 Å². The summed E-state index contributed by atoms with van der Waals surface area (Å²) in [6, 6.07) is 0.418. The molecule has 3 aliphatic rings. The Morgan fingerprint density at radius 2 is 2.32 bits per heavy atom. The molecular weight excluding hydrogens is 429 g/mol. The van der Waals surface area contributed by atoms with E-state index in [4.69, 9.17) is 14.7 Å². The number of nitrogens with one attached hydrogen (secondary N) is 2. The van der Waals surface area contributed by atoms with Crippen LogP contribution < -0.4 is 10.6 Å². The topological polar surface area (TPSA) is 63.5 Å². The van der Waals surface area contributed by atoms with Crippen LogP contribution in [0.25, 0.3) is 0 Å². The van der Waals surface area contributed by atoms with E-state index in [0.717, 1.165) is 44.9 Å². The van der Waals surface area contributed by atoms with Gasteiger partial charge in [-0.1, -0.05) is 0 Å². The van der Waals surface area contributed by atoms with Gasteiger partial charge in [-0.05, 0) is 39.0 Å². The van der Waals surface area contributed by atoms with Crippen LogP contribution in [0, 0.1) is 0 Å². The number of fused-ring (bicyclic) bond motifs is 3. The molecule has 1 aromatic rings. The van der Waals surface area contributed by atoms with Gasteiger partial charge < -0.3 is 19.9 Å². The Morgan fingerprint density at radius 3 is 3.04 bits per heavy atom. The van der Waals surface area contributed by atoms with Gasteiger partial charge >= 0.3 is 0 Å². The maximum absolute atomic E-state index is 5.93. The smallest absolute Gasteiger partial charge is 0.191 e. The summed E-state index contributed by atoms with van der Waals surface area (Å²) < 4.78 is 8.24. The lowest BCUT2D eigenvalue weighted by molar-refractivity contribution is 0.0992. The molecule has 3 atom stereocenters. The number of aliphatic imine (C=N–C) groups is 1. The number of imidazole rings is 1. The van der Waals surface area contributed by atoms with Crippen LogP contribution in [-0.4, -0.2) is 46.8 Å². The summed E-state index contributed by atoms with van der Waals surface area (Å²) in [6.07, 6.45) is 11.2. The maximum Gasteiger partial charge on any atom is 0.191 e. The fraction of sp³-hybridized carbons (Fsp3) is 0.778. The molecule has 3 unspecified atom stereocenters. The number of ether oxygens (including phenoxy) is 1. The molecule has 25 heavy (non-hydrogen) atoms. The first-order valence-corrected chi connectivity index (χ1v) is 9.57. The van der Waals surface area contributed by atoms with Crippen molar-refractivity contribution in [3.63, 3.8) is 0 Å². The molecule has 2 saturated heterocycles. The average Bonchev–Trinajstić information content (AvgIpc) is 3.29. The van der Waals surface area contributed by atoms with Crippen molar-refractivity contribution in [2.45, 2.75) is 76.7 Å². The number of hydrogen-bond acceptors (Lipinski definition) is 3. The molecule has 7 heteroatoms. The summed E-state index contributed by atoms with van der Waals surface area (Å²) in [5.74, 6) is 2.17. The Morgan fingerprint density at radius 1 is 1.40 bits per heavy atom. The van der Waals surface area contributed by atoms with Crippen LogP contribution in [0.1, 0.15) is 50.5 Å². The second-order valence-corrected chi connectivity index (χ2v) is 7.17. The molecule has 140 valence electrons. The van der Waals surface area contributed by atoms with Crippen LogP contribution in [-0.2, 0) is 24.1 Å². The third kappa shape index (κ3) is 4.48. The van der Waals surface area contributed by atoms with Crippen LogP contribution in [0.4, 0.5) is 0 Å². The van der Waals surface area contributed by atoms with E-state index in [0.29, 0.717) is 18.2 Å². The summed E-state index contributed by atoms with van der Waals surface area (Å²) in [7, 11) is 0. The molecule has 0 spiro atoms. The molecule has 0 radical (unpaired) electrons. The zero-order valence-corrected chi connectivity index (χ0v) is 17.4. The number of hydrogen-bond donors (Lipinski definition) is 2. The van der Waals surface area contributed by atoms with Gasteiger partial charge in [0.2, 0.25) is 0 Å². The zero-order chi connectivity index (χ0) is 16.4. The van der Waals surface area contributed by atoms with E-state index in [1.54, 1.807) is 0 Å². The fourth-order valence-electron chi connectivity index (χ4n) is 4.16. The van der Waals surface area contributed by atoms with Crippen LogP contribution in [0.5, 0.6) is 0 Å². The van der Waals surface area contributed by atoms with E-state index in [2.05, 4.69) is 28.3 Å². The van der Waals surface area contributed by atoms with Crippen molar-refractivity contribution in [1.29, 1.82) is 0 Å². The number of aromatic nitrogens is 2. The van der Waals surface area contributed by atoms with E-state index in [-0.39, 0.29) is 24.0 Å². The molecule has 0 amide bonds. The van der Waals surface area contributed by atoms with Gasteiger partial charge in [-0.2, -0.15) is 0 Å². The van der Waals surface area contributed by atoms with Crippen LogP contribution in [0.15, 0.2) is 11.2 Å². The number of rotatable bonds is 5. The van der Waals surface area contributed by atoms with Crippen LogP contribution in [0.2, 0.25) is 0 Å². The Balaban J connectivity index is 0.00000182. The first-order chi connectivity index (χ1) is 11.8. The lowest BCUT2D eigenvalue weighted by Gasteiger charge is -2.22. The highest BCUT2D eigenvalue weighted by molar-refractivity contribution is 14.0. The molecular formula is C18H30IN5O. The summed E-state index contributed by atoms with van der Waals surface area (Å²) >= 11 is 0. The third-order valence-electron chi connectivity index (χ3n) is 5.37. The molecule has 2 fully saturated rings. The quantitative estimate of drug-likeness (QED) is 0.403. The predicted octanol–water partition coefficient (Wildman–Crippen LogP) is 2.25. The lowest BCUT2D eigenvalue weighted by atomic mass is 9.96. The minimum atomic E-state index is 0. The number of nitrogens with zero attached hydrogens (tertiary/aromatic N) is 3. The van der Waals surface area contributed by atoms with Gasteiger partial charge in [-0.15, -0.1) is 24.0 Å². The van der Waals surface area contributed by atoms with Crippen LogP contribution in [0.3, 0.4) is 0 Å². The summed E-state index contributed by atoms with van der Waals surface area (Å²) in [4.78, 5) is 9.51. The van der Waals surface area contributed by atoms with Crippen molar-refractivity contribution in [2.75, 3.05) is 13.1 Å². The number of halogens is 1. The highest BCUT2D eigenvalue weighted by Crippen LogP contribution is 2.34. The summed E-state index contributed by atoms with van der Waals surface area (Å²) in [6.45, 7) is 4.89. The minimum absolute atomic E-state index is 0. The average molecular weight is 459 g/mol. The molecule has 0 aromatic carbocycles. The molecule has 6 nitrogen and oxygen atoms in total. The van der Waals surface area contributed by atoms with E-state index in [9.17, 15) is 0 Å². The molecule has 2 bridgehead atoms. The second kappa shape index (κ2) is 8.70. The monoisotopic (exact) mass is 459 g/mol. The van der Waals surface area contributed by atoms with Crippen molar-refractivity contribution >= 4 is 29.9 Å². The standard InChI is InChI=1S/C18H29N5O.HI/c1-2-19-18(22-15-11-14-6-7-16(15)24-14)20-9-8-13-12-23-10-4-3-5-17(23)21-13;/h12,14-16H,2-11H2,1H3,(H2,19,20,22);1H. The van der Waals surface area contributed by atoms with Gasteiger partial charge in [0, 0.05) is 38.7 Å². The van der Waals surface area contributed by atoms with Crippen molar-refractivity contribution in [1.82, 2.24) is 20.2 Å². The molecule has 4 heterocycles. The van der Waals surface area contributed by atoms with E-state index in [1.165, 1.54) is 37.2 Å². The zero-order valence-electron chi connectivity index (χ0n) is 15.0. The van der Waals surface area contributed by atoms with Crippen molar-refractivity contribution < 1.29 is 4.74 Å². The van der Waals surface area contributed by atoms with E-state index >= 15 is 0 Å². The first kappa shape index (κ1) is 18.9. The largest absolute Gasteiger partial charge is 0.373 e. The van der Waals surface area contributed by atoms with Crippen molar-refractivity contribution in [2.24, 2.45) is 4.99 Å². The molecule has 1 aromatic heterocycles. The molecule has 3 aliphatic heterocycles.